The predicted octanol–water partition coefficient (Wildman–Crippen LogP) is 1.54. The molecule has 1 aromatic rings. The van der Waals surface area contributed by atoms with Crippen molar-refractivity contribution in [3.05, 3.63) is 16.1 Å². The second-order valence-corrected chi connectivity index (χ2v) is 7.26. The number of amides is 1. The van der Waals surface area contributed by atoms with Gasteiger partial charge in [-0.25, -0.2) is 4.98 Å². The minimum absolute atomic E-state index is 0.107. The fourth-order valence-corrected chi connectivity index (χ4v) is 3.47. The second kappa shape index (κ2) is 10.1. The van der Waals surface area contributed by atoms with Crippen molar-refractivity contribution in [2.45, 2.75) is 32.7 Å². The first-order chi connectivity index (χ1) is 11.6. The van der Waals surface area contributed by atoms with Crippen LogP contribution in [0.25, 0.3) is 0 Å². The molecule has 0 saturated carbocycles. The molecule has 1 saturated heterocycles. The van der Waals surface area contributed by atoms with Gasteiger partial charge in [-0.3, -0.25) is 9.69 Å². The Labute approximate surface area is 149 Å². The second-order valence-electron chi connectivity index (χ2n) is 6.37. The third-order valence-corrected chi connectivity index (χ3v) is 5.54. The molecule has 0 bridgehead atoms. The van der Waals surface area contributed by atoms with E-state index >= 15 is 0 Å². The maximum Gasteiger partial charge on any atom is 0.236 e. The third kappa shape index (κ3) is 6.12. The van der Waals surface area contributed by atoms with Crippen LogP contribution in [0.4, 0.5) is 0 Å². The van der Waals surface area contributed by atoms with E-state index in [0.717, 1.165) is 56.5 Å². The zero-order valence-electron chi connectivity index (χ0n) is 15.1. The normalized spacial score (nSPS) is 17.0. The van der Waals surface area contributed by atoms with E-state index in [-0.39, 0.29) is 5.91 Å². The van der Waals surface area contributed by atoms with Crippen LogP contribution in [-0.2, 0) is 16.1 Å². The van der Waals surface area contributed by atoms with Crippen LogP contribution in [0, 0.1) is 0 Å². The van der Waals surface area contributed by atoms with Gasteiger partial charge in [-0.1, -0.05) is 13.8 Å². The van der Waals surface area contributed by atoms with Crippen molar-refractivity contribution >= 4 is 17.2 Å². The predicted molar refractivity (Wildman–Crippen MR) is 97.4 cm³/mol. The highest BCUT2D eigenvalue weighted by Gasteiger charge is 2.14. The lowest BCUT2D eigenvalue weighted by molar-refractivity contribution is -0.129. The summed E-state index contributed by atoms with van der Waals surface area (Å²) in [5.74, 6) is 0.599. The summed E-state index contributed by atoms with van der Waals surface area (Å²) in [6, 6.07) is 0. The van der Waals surface area contributed by atoms with Crippen molar-refractivity contribution < 1.29 is 9.53 Å². The van der Waals surface area contributed by atoms with Crippen LogP contribution in [-0.4, -0.2) is 73.7 Å². The molecule has 2 heterocycles. The van der Waals surface area contributed by atoms with Crippen molar-refractivity contribution in [2.24, 2.45) is 0 Å². The first kappa shape index (κ1) is 19.3. The van der Waals surface area contributed by atoms with E-state index in [1.807, 2.05) is 7.05 Å². The van der Waals surface area contributed by atoms with E-state index in [1.54, 1.807) is 16.2 Å². The fraction of sp³-hybridized carbons (Fsp3) is 0.765. The molecule has 136 valence electrons. The van der Waals surface area contributed by atoms with Crippen LogP contribution in [0.5, 0.6) is 0 Å². The van der Waals surface area contributed by atoms with Gasteiger partial charge in [-0.05, 0) is 6.42 Å². The largest absolute Gasteiger partial charge is 0.379 e. The van der Waals surface area contributed by atoms with Crippen molar-refractivity contribution in [3.8, 4) is 0 Å². The van der Waals surface area contributed by atoms with Crippen molar-refractivity contribution in [1.82, 2.24) is 20.1 Å². The maximum absolute atomic E-state index is 12.2. The van der Waals surface area contributed by atoms with Crippen molar-refractivity contribution in [2.75, 3.05) is 53.0 Å². The molecule has 1 N–H and O–H groups in total. The zero-order chi connectivity index (χ0) is 17.4. The summed E-state index contributed by atoms with van der Waals surface area (Å²) in [4.78, 5) is 21.0. The highest BCUT2D eigenvalue weighted by molar-refractivity contribution is 7.09. The number of rotatable bonds is 9. The molecule has 1 amide bonds. The number of hydrogen-bond acceptors (Lipinski definition) is 6. The van der Waals surface area contributed by atoms with Gasteiger partial charge in [0.2, 0.25) is 5.91 Å². The van der Waals surface area contributed by atoms with E-state index in [1.165, 1.54) is 0 Å². The Kier molecular flexibility index (Phi) is 8.11. The quantitative estimate of drug-likeness (QED) is 0.682. The smallest absolute Gasteiger partial charge is 0.236 e. The van der Waals surface area contributed by atoms with Gasteiger partial charge in [0, 0.05) is 44.5 Å². The number of thiazole rings is 1. The summed E-state index contributed by atoms with van der Waals surface area (Å²) in [5, 5.41) is 6.47. The van der Waals surface area contributed by atoms with Gasteiger partial charge >= 0.3 is 0 Å². The van der Waals surface area contributed by atoms with Crippen molar-refractivity contribution in [1.29, 1.82) is 0 Å². The molecule has 0 radical (unpaired) electrons. The Morgan fingerprint density at radius 2 is 2.25 bits per heavy atom. The first-order valence-corrected chi connectivity index (χ1v) is 9.67. The Bertz CT molecular complexity index is 503. The molecule has 6 nitrogen and oxygen atoms in total. The molecule has 1 unspecified atom stereocenters. The zero-order valence-corrected chi connectivity index (χ0v) is 15.9. The summed E-state index contributed by atoms with van der Waals surface area (Å²) < 4.78 is 5.33. The molecule has 1 fully saturated rings. The summed E-state index contributed by atoms with van der Waals surface area (Å²) in [5.41, 5.74) is 0.986. The van der Waals surface area contributed by atoms with Gasteiger partial charge in [0.25, 0.3) is 0 Å². The number of hydrogen-bond donors (Lipinski definition) is 1. The molecule has 24 heavy (non-hydrogen) atoms. The summed E-state index contributed by atoms with van der Waals surface area (Å²) >= 11 is 1.69. The third-order valence-electron chi connectivity index (χ3n) is 4.41. The number of morpholine rings is 1. The topological polar surface area (TPSA) is 57.7 Å². The Hall–Kier alpha value is -1.02. The fourth-order valence-electron chi connectivity index (χ4n) is 2.52. The molecule has 1 aliphatic rings. The standard InChI is InChI=1S/C17H30N4O2S/c1-4-14(2)17-19-15(13-24-17)12-20(3)16(22)11-18-5-6-21-7-9-23-10-8-21/h13-14,18H,4-12H2,1-3H3. The number of carbonyl (C=O) groups is 1. The monoisotopic (exact) mass is 354 g/mol. The maximum atomic E-state index is 12.2. The van der Waals surface area contributed by atoms with Gasteiger partial charge in [0.15, 0.2) is 0 Å². The average molecular weight is 355 g/mol. The molecule has 0 aliphatic carbocycles. The van der Waals surface area contributed by atoms with Crippen LogP contribution in [0.3, 0.4) is 0 Å². The molecule has 2 rings (SSSR count). The minimum Gasteiger partial charge on any atom is -0.379 e. The molecular formula is C17H30N4O2S. The SMILES string of the molecule is CCC(C)c1nc(CN(C)C(=O)CNCCN2CCOCC2)cs1. The highest BCUT2D eigenvalue weighted by Crippen LogP contribution is 2.22. The number of carbonyl (C=O) groups excluding carboxylic acids is 1. The summed E-state index contributed by atoms with van der Waals surface area (Å²) in [6.45, 7) is 10.7. The van der Waals surface area contributed by atoms with E-state index < -0.39 is 0 Å². The number of nitrogens with one attached hydrogen (secondary N) is 1. The summed E-state index contributed by atoms with van der Waals surface area (Å²) in [6.07, 6.45) is 1.09. The highest BCUT2D eigenvalue weighted by atomic mass is 32.1. The number of nitrogens with zero attached hydrogens (tertiary/aromatic N) is 3. The van der Waals surface area contributed by atoms with Crippen LogP contribution in [0.15, 0.2) is 5.38 Å². The van der Waals surface area contributed by atoms with E-state index in [2.05, 4.69) is 34.4 Å². The molecule has 7 heteroatoms. The average Bonchev–Trinajstić information content (AvgIpc) is 3.07. The van der Waals surface area contributed by atoms with Crippen molar-refractivity contribution in [3.63, 3.8) is 0 Å². The molecular weight excluding hydrogens is 324 g/mol. The lowest BCUT2D eigenvalue weighted by Gasteiger charge is -2.26. The van der Waals surface area contributed by atoms with Gasteiger partial charge in [-0.15, -0.1) is 11.3 Å². The lowest BCUT2D eigenvalue weighted by atomic mass is 10.1. The molecule has 1 atom stereocenters. The molecule has 1 aromatic heterocycles. The Morgan fingerprint density at radius 3 is 2.96 bits per heavy atom. The molecule has 0 aromatic carbocycles. The number of likely N-dealkylation sites (N-methyl/N-ethyl adjacent to an activating group) is 1. The van der Waals surface area contributed by atoms with Crippen LogP contribution < -0.4 is 5.32 Å². The van der Waals surface area contributed by atoms with Gasteiger partial charge < -0.3 is 15.0 Å². The number of aromatic nitrogens is 1. The van der Waals surface area contributed by atoms with E-state index in [0.29, 0.717) is 19.0 Å². The van der Waals surface area contributed by atoms with Gasteiger partial charge in [0.1, 0.15) is 0 Å². The Morgan fingerprint density at radius 1 is 1.50 bits per heavy atom. The van der Waals surface area contributed by atoms with Crippen LogP contribution in [0.2, 0.25) is 0 Å². The van der Waals surface area contributed by atoms with Crippen LogP contribution in [0.1, 0.15) is 36.9 Å². The van der Waals surface area contributed by atoms with E-state index in [4.69, 9.17) is 4.74 Å². The number of ether oxygens (including phenoxy) is 1. The Balaban J connectivity index is 1.65. The van der Waals surface area contributed by atoms with Gasteiger partial charge in [-0.2, -0.15) is 0 Å². The molecule has 1 aliphatic heterocycles. The van der Waals surface area contributed by atoms with Crippen LogP contribution >= 0.6 is 11.3 Å². The van der Waals surface area contributed by atoms with E-state index in [9.17, 15) is 4.79 Å². The van der Waals surface area contributed by atoms with Gasteiger partial charge in [0.05, 0.1) is 37.0 Å². The minimum atomic E-state index is 0.107. The molecule has 0 spiro atoms. The lowest BCUT2D eigenvalue weighted by Crippen LogP contribution is -2.42. The first-order valence-electron chi connectivity index (χ1n) is 8.79. The summed E-state index contributed by atoms with van der Waals surface area (Å²) in [7, 11) is 1.84.